The van der Waals surface area contributed by atoms with E-state index in [1.807, 2.05) is 24.3 Å². The molecule has 2 nitrogen and oxygen atoms in total. The Balaban J connectivity index is 1.98. The van der Waals surface area contributed by atoms with Gasteiger partial charge >= 0.3 is 5.97 Å². The third-order valence-corrected chi connectivity index (χ3v) is 4.67. The van der Waals surface area contributed by atoms with Crippen molar-refractivity contribution in [1.82, 2.24) is 0 Å². The maximum Gasteiger partial charge on any atom is 0.307 e. The second-order valence-electron chi connectivity index (χ2n) is 5.28. The summed E-state index contributed by atoms with van der Waals surface area (Å²) in [5.74, 6) is 0.250. The maximum absolute atomic E-state index is 11.4. The Morgan fingerprint density at radius 2 is 2.06 bits per heavy atom. The number of carboxylic acids is 1. The minimum atomic E-state index is -0.637. The molecule has 2 bridgehead atoms. The van der Waals surface area contributed by atoms with Gasteiger partial charge in [-0.3, -0.25) is 4.79 Å². The molecule has 0 amide bonds. The summed E-state index contributed by atoms with van der Waals surface area (Å²) in [5.41, 5.74) is 1.11. The molecule has 2 aliphatic carbocycles. The second kappa shape index (κ2) is 4.02. The first-order valence-corrected chi connectivity index (χ1v) is 6.53. The van der Waals surface area contributed by atoms with Crippen LogP contribution in [0.5, 0.6) is 0 Å². The van der Waals surface area contributed by atoms with Gasteiger partial charge in [0.25, 0.3) is 0 Å². The highest BCUT2D eigenvalue weighted by molar-refractivity contribution is 6.30. The lowest BCUT2D eigenvalue weighted by Crippen LogP contribution is -2.27. The van der Waals surface area contributed by atoms with E-state index in [9.17, 15) is 9.90 Å². The molecule has 1 aromatic carbocycles. The van der Waals surface area contributed by atoms with E-state index in [4.69, 9.17) is 11.6 Å². The van der Waals surface area contributed by atoms with Gasteiger partial charge < -0.3 is 5.11 Å². The van der Waals surface area contributed by atoms with Gasteiger partial charge in [0.1, 0.15) is 0 Å². The van der Waals surface area contributed by atoms with Gasteiger partial charge in [-0.05, 0) is 48.8 Å². The van der Waals surface area contributed by atoms with Crippen LogP contribution in [0.1, 0.15) is 30.7 Å². The van der Waals surface area contributed by atoms with Crippen molar-refractivity contribution in [2.75, 3.05) is 0 Å². The zero-order valence-corrected chi connectivity index (χ0v) is 10.2. The molecule has 2 fully saturated rings. The highest BCUT2D eigenvalue weighted by Crippen LogP contribution is 2.56. The molecule has 1 N–H and O–H groups in total. The fraction of sp³-hybridized carbons (Fsp3) is 0.500. The van der Waals surface area contributed by atoms with Crippen LogP contribution in [0, 0.1) is 17.8 Å². The van der Waals surface area contributed by atoms with Crippen LogP contribution in [0.25, 0.3) is 0 Å². The van der Waals surface area contributed by atoms with E-state index in [0.29, 0.717) is 16.9 Å². The van der Waals surface area contributed by atoms with Crippen LogP contribution >= 0.6 is 11.6 Å². The number of aliphatic carboxylic acids is 1. The third kappa shape index (κ3) is 1.75. The smallest absolute Gasteiger partial charge is 0.307 e. The summed E-state index contributed by atoms with van der Waals surface area (Å²) in [6, 6.07) is 7.71. The summed E-state index contributed by atoms with van der Waals surface area (Å²) in [7, 11) is 0. The molecule has 0 aliphatic heterocycles. The Labute approximate surface area is 106 Å². The average molecular weight is 251 g/mol. The topological polar surface area (TPSA) is 37.3 Å². The van der Waals surface area contributed by atoms with Crippen molar-refractivity contribution < 1.29 is 9.90 Å². The first-order valence-electron chi connectivity index (χ1n) is 6.15. The van der Waals surface area contributed by atoms with Gasteiger partial charge in [0.2, 0.25) is 0 Å². The molecule has 0 heterocycles. The van der Waals surface area contributed by atoms with E-state index in [0.717, 1.165) is 18.4 Å². The molecule has 0 radical (unpaired) electrons. The van der Waals surface area contributed by atoms with Crippen molar-refractivity contribution in [1.29, 1.82) is 0 Å². The lowest BCUT2D eigenvalue weighted by atomic mass is 9.75. The average Bonchev–Trinajstić information content (AvgIpc) is 2.88. The van der Waals surface area contributed by atoms with E-state index < -0.39 is 5.97 Å². The van der Waals surface area contributed by atoms with Crippen LogP contribution in [0.15, 0.2) is 24.3 Å². The van der Waals surface area contributed by atoms with Gasteiger partial charge in [0, 0.05) is 10.9 Å². The van der Waals surface area contributed by atoms with E-state index >= 15 is 0 Å². The quantitative estimate of drug-likeness (QED) is 0.872. The summed E-state index contributed by atoms with van der Waals surface area (Å²) in [5, 5.41) is 10.1. The Hall–Kier alpha value is -1.02. The van der Waals surface area contributed by atoms with Crippen molar-refractivity contribution in [3.05, 3.63) is 34.9 Å². The number of carboxylic acid groups (broad SMARTS) is 1. The maximum atomic E-state index is 11.4. The Morgan fingerprint density at radius 1 is 1.29 bits per heavy atom. The van der Waals surface area contributed by atoms with Gasteiger partial charge in [-0.15, -0.1) is 0 Å². The Morgan fingerprint density at radius 3 is 2.76 bits per heavy atom. The minimum Gasteiger partial charge on any atom is -0.481 e. The normalized spacial score (nSPS) is 35.1. The molecular formula is C14H15ClO2. The molecule has 1 aromatic rings. The largest absolute Gasteiger partial charge is 0.481 e. The number of hydrogen-bond acceptors (Lipinski definition) is 1. The van der Waals surface area contributed by atoms with Gasteiger partial charge in [-0.25, -0.2) is 0 Å². The van der Waals surface area contributed by atoms with E-state index in [1.54, 1.807) is 0 Å². The minimum absolute atomic E-state index is 0.171. The second-order valence-corrected chi connectivity index (χ2v) is 5.71. The molecule has 3 rings (SSSR count). The summed E-state index contributed by atoms with van der Waals surface area (Å²) >= 11 is 6.01. The first-order chi connectivity index (χ1) is 8.16. The fourth-order valence-electron chi connectivity index (χ4n) is 3.84. The molecule has 2 saturated carbocycles. The highest BCUT2D eigenvalue weighted by Gasteiger charge is 2.51. The molecule has 3 heteroatoms. The summed E-state index contributed by atoms with van der Waals surface area (Å²) in [6.07, 6.45) is 3.33. The predicted molar refractivity (Wildman–Crippen MR) is 66.1 cm³/mol. The summed E-state index contributed by atoms with van der Waals surface area (Å²) in [6.45, 7) is 0. The number of carbonyl (C=O) groups is 1. The van der Waals surface area contributed by atoms with Crippen molar-refractivity contribution >= 4 is 17.6 Å². The zero-order valence-electron chi connectivity index (χ0n) is 9.47. The first kappa shape index (κ1) is 11.1. The van der Waals surface area contributed by atoms with Crippen LogP contribution < -0.4 is 0 Å². The molecule has 0 saturated heterocycles. The van der Waals surface area contributed by atoms with Crippen molar-refractivity contribution in [2.24, 2.45) is 17.8 Å². The third-order valence-electron chi connectivity index (χ3n) is 4.44. The number of benzene rings is 1. The van der Waals surface area contributed by atoms with Crippen LogP contribution in [-0.2, 0) is 4.79 Å². The van der Waals surface area contributed by atoms with Gasteiger partial charge in [0.15, 0.2) is 0 Å². The van der Waals surface area contributed by atoms with E-state index in [-0.39, 0.29) is 11.8 Å². The molecule has 90 valence electrons. The Bertz CT molecular complexity index is 457. The van der Waals surface area contributed by atoms with Crippen LogP contribution in [-0.4, -0.2) is 11.1 Å². The molecular weight excluding hydrogens is 236 g/mol. The summed E-state index contributed by atoms with van der Waals surface area (Å²) < 4.78 is 0. The number of halogens is 1. The van der Waals surface area contributed by atoms with E-state index in [1.165, 1.54) is 6.42 Å². The van der Waals surface area contributed by atoms with Crippen LogP contribution in [0.3, 0.4) is 0 Å². The van der Waals surface area contributed by atoms with Gasteiger partial charge in [0.05, 0.1) is 5.92 Å². The standard InChI is InChI=1S/C14H15ClO2/c15-11-3-1-2-8(7-11)12-9-4-5-10(6-9)13(12)14(16)17/h1-3,7,9-10,12-13H,4-6H2,(H,16,17)/t9-,10+,12-,13-/m0/s1. The molecule has 0 spiro atoms. The lowest BCUT2D eigenvalue weighted by Gasteiger charge is -2.28. The van der Waals surface area contributed by atoms with Crippen molar-refractivity contribution in [2.45, 2.75) is 25.2 Å². The SMILES string of the molecule is O=C(O)[C@H]1[C@@H]2CC[C@@H](C2)[C@@H]1c1cccc(Cl)c1. The number of fused-ring (bicyclic) bond motifs is 2. The fourth-order valence-corrected chi connectivity index (χ4v) is 4.04. The van der Waals surface area contributed by atoms with Crippen LogP contribution in [0.4, 0.5) is 0 Å². The zero-order chi connectivity index (χ0) is 12.0. The van der Waals surface area contributed by atoms with Crippen molar-refractivity contribution in [3.63, 3.8) is 0 Å². The predicted octanol–water partition coefficient (Wildman–Crippen LogP) is 3.55. The number of rotatable bonds is 2. The van der Waals surface area contributed by atoms with Gasteiger partial charge in [-0.2, -0.15) is 0 Å². The lowest BCUT2D eigenvalue weighted by molar-refractivity contribution is -0.144. The van der Waals surface area contributed by atoms with Crippen molar-refractivity contribution in [3.8, 4) is 0 Å². The Kier molecular flexibility index (Phi) is 2.62. The highest BCUT2D eigenvalue weighted by atomic mass is 35.5. The monoisotopic (exact) mass is 250 g/mol. The van der Waals surface area contributed by atoms with E-state index in [2.05, 4.69) is 0 Å². The van der Waals surface area contributed by atoms with Gasteiger partial charge in [-0.1, -0.05) is 23.7 Å². The molecule has 2 aliphatic rings. The van der Waals surface area contributed by atoms with Crippen LogP contribution in [0.2, 0.25) is 5.02 Å². The molecule has 0 aromatic heterocycles. The summed E-state index contributed by atoms with van der Waals surface area (Å²) in [4.78, 5) is 11.4. The number of hydrogen-bond donors (Lipinski definition) is 1. The molecule has 4 atom stereocenters. The molecule has 0 unspecified atom stereocenters. The molecule has 17 heavy (non-hydrogen) atoms.